The molecule has 3 rings (SSSR count). The summed E-state index contributed by atoms with van der Waals surface area (Å²) in [6.07, 6.45) is 1.62. The summed E-state index contributed by atoms with van der Waals surface area (Å²) in [5, 5.41) is 0. The lowest BCUT2D eigenvalue weighted by Crippen LogP contribution is -2.04. The smallest absolute Gasteiger partial charge is 0.339 e. The predicted octanol–water partition coefficient (Wildman–Crippen LogP) is 3.81. The van der Waals surface area contributed by atoms with E-state index in [2.05, 4.69) is 0 Å². The fourth-order valence-electron chi connectivity index (χ4n) is 2.16. The molecule has 1 aliphatic heterocycles. The largest absolute Gasteiger partial charge is 0.457 e. The van der Waals surface area contributed by atoms with Gasteiger partial charge in [-0.3, -0.25) is 0 Å². The Morgan fingerprint density at radius 3 is 2.40 bits per heavy atom. The van der Waals surface area contributed by atoms with Gasteiger partial charge in [0.05, 0.1) is 5.57 Å². The number of esters is 1. The van der Waals surface area contributed by atoms with Crippen molar-refractivity contribution in [3.8, 4) is 11.5 Å². The molecule has 0 aromatic heterocycles. The van der Waals surface area contributed by atoms with Crippen molar-refractivity contribution in [3.63, 3.8) is 0 Å². The van der Waals surface area contributed by atoms with Crippen LogP contribution in [0.25, 0.3) is 5.57 Å². The molecule has 0 radical (unpaired) electrons. The molecule has 0 bridgehead atoms. The molecule has 0 spiro atoms. The molecule has 0 fully saturated rings. The minimum Gasteiger partial charge on any atom is -0.457 e. The molecule has 2 aromatic carbocycles. The average molecular weight is 266 g/mol. The van der Waals surface area contributed by atoms with Gasteiger partial charge in [0, 0.05) is 5.56 Å². The van der Waals surface area contributed by atoms with Crippen molar-refractivity contribution < 1.29 is 14.3 Å². The highest BCUT2D eigenvalue weighted by Crippen LogP contribution is 2.33. The fourth-order valence-corrected chi connectivity index (χ4v) is 2.16. The first-order chi connectivity index (χ1) is 9.74. The van der Waals surface area contributed by atoms with E-state index in [9.17, 15) is 4.79 Å². The van der Waals surface area contributed by atoms with Crippen molar-refractivity contribution in [2.45, 2.75) is 13.0 Å². The summed E-state index contributed by atoms with van der Waals surface area (Å²) in [4.78, 5) is 11.8. The fraction of sp³-hybridized carbons (Fsp3) is 0.118. The van der Waals surface area contributed by atoms with Crippen LogP contribution in [-0.4, -0.2) is 12.1 Å². The van der Waals surface area contributed by atoms with E-state index in [0.29, 0.717) is 11.3 Å². The van der Waals surface area contributed by atoms with Crippen LogP contribution in [0.4, 0.5) is 0 Å². The summed E-state index contributed by atoms with van der Waals surface area (Å²) in [6, 6.07) is 17.0. The third-order valence-corrected chi connectivity index (χ3v) is 3.06. The zero-order chi connectivity index (χ0) is 13.9. The molecule has 0 aliphatic carbocycles. The van der Waals surface area contributed by atoms with Crippen LogP contribution in [0, 0.1) is 0 Å². The number of rotatable bonds is 3. The van der Waals surface area contributed by atoms with E-state index in [1.807, 2.05) is 67.6 Å². The number of para-hydroxylation sites is 2. The van der Waals surface area contributed by atoms with Crippen molar-refractivity contribution in [2.75, 3.05) is 0 Å². The van der Waals surface area contributed by atoms with Crippen LogP contribution in [0.3, 0.4) is 0 Å². The molecule has 0 N–H and O–H groups in total. The van der Waals surface area contributed by atoms with Gasteiger partial charge in [-0.15, -0.1) is 0 Å². The van der Waals surface area contributed by atoms with Crippen molar-refractivity contribution >= 4 is 11.5 Å². The van der Waals surface area contributed by atoms with Crippen molar-refractivity contribution in [1.82, 2.24) is 0 Å². The third-order valence-electron chi connectivity index (χ3n) is 3.06. The lowest BCUT2D eigenvalue weighted by molar-refractivity contribution is -0.137. The van der Waals surface area contributed by atoms with Gasteiger partial charge in [0.1, 0.15) is 17.6 Å². The number of hydrogen-bond donors (Lipinski definition) is 0. The van der Waals surface area contributed by atoms with Crippen LogP contribution in [0.5, 0.6) is 11.5 Å². The first-order valence-corrected chi connectivity index (χ1v) is 6.49. The second-order valence-corrected chi connectivity index (χ2v) is 4.60. The highest BCUT2D eigenvalue weighted by atomic mass is 16.5. The minimum absolute atomic E-state index is 0.192. The molecule has 3 heteroatoms. The van der Waals surface area contributed by atoms with Gasteiger partial charge in [-0.25, -0.2) is 4.79 Å². The molecule has 20 heavy (non-hydrogen) atoms. The second-order valence-electron chi connectivity index (χ2n) is 4.60. The van der Waals surface area contributed by atoms with Crippen molar-refractivity contribution in [1.29, 1.82) is 0 Å². The normalized spacial score (nSPS) is 17.6. The summed E-state index contributed by atoms with van der Waals surface area (Å²) >= 11 is 0. The summed E-state index contributed by atoms with van der Waals surface area (Å²) in [7, 11) is 0. The molecule has 100 valence electrons. The van der Waals surface area contributed by atoms with Gasteiger partial charge >= 0.3 is 5.97 Å². The molecule has 3 nitrogen and oxygen atoms in total. The van der Waals surface area contributed by atoms with E-state index < -0.39 is 0 Å². The van der Waals surface area contributed by atoms with E-state index >= 15 is 0 Å². The van der Waals surface area contributed by atoms with E-state index in [4.69, 9.17) is 9.47 Å². The van der Waals surface area contributed by atoms with Crippen LogP contribution in [0.15, 0.2) is 60.7 Å². The average Bonchev–Trinajstić information content (AvgIpc) is 2.79. The standard InChI is InChI=1S/C17H14O3/c1-12-11-15(17(18)19-12)14-9-5-6-10-16(14)20-13-7-3-2-4-8-13/h2-12H,1H3. The Bertz CT molecular complexity index is 659. The number of hydrogen-bond acceptors (Lipinski definition) is 3. The van der Waals surface area contributed by atoms with Crippen molar-refractivity contribution in [2.24, 2.45) is 0 Å². The number of benzene rings is 2. The molecule has 1 aliphatic rings. The topological polar surface area (TPSA) is 35.5 Å². The number of carbonyl (C=O) groups excluding carboxylic acids is 1. The van der Waals surface area contributed by atoms with Gasteiger partial charge < -0.3 is 9.47 Å². The summed E-state index contributed by atoms with van der Waals surface area (Å²) < 4.78 is 11.0. The summed E-state index contributed by atoms with van der Waals surface area (Å²) in [6.45, 7) is 1.84. The van der Waals surface area contributed by atoms with E-state index in [1.54, 1.807) is 0 Å². The Morgan fingerprint density at radius 1 is 1.00 bits per heavy atom. The third kappa shape index (κ3) is 2.43. The van der Waals surface area contributed by atoms with Gasteiger partial charge in [-0.1, -0.05) is 36.4 Å². The SMILES string of the molecule is CC1C=C(c2ccccc2Oc2ccccc2)C(=O)O1. The molecule has 1 unspecified atom stereocenters. The maximum absolute atomic E-state index is 11.8. The molecule has 0 amide bonds. The van der Waals surface area contributed by atoms with Crippen LogP contribution in [0.1, 0.15) is 12.5 Å². The van der Waals surface area contributed by atoms with Gasteiger partial charge in [0.2, 0.25) is 0 Å². The lowest BCUT2D eigenvalue weighted by Gasteiger charge is -2.10. The molecule has 2 aromatic rings. The molecule has 0 saturated heterocycles. The highest BCUT2D eigenvalue weighted by Gasteiger charge is 2.25. The van der Waals surface area contributed by atoms with E-state index in [-0.39, 0.29) is 12.1 Å². The van der Waals surface area contributed by atoms with Gasteiger partial charge in [0.15, 0.2) is 0 Å². The molecule has 1 heterocycles. The van der Waals surface area contributed by atoms with Gasteiger partial charge in [-0.2, -0.15) is 0 Å². The molecular formula is C17H14O3. The Kier molecular flexibility index (Phi) is 3.25. The van der Waals surface area contributed by atoms with Crippen LogP contribution in [0.2, 0.25) is 0 Å². The quantitative estimate of drug-likeness (QED) is 0.792. The maximum atomic E-state index is 11.8. The molecular weight excluding hydrogens is 252 g/mol. The van der Waals surface area contributed by atoms with Crippen LogP contribution >= 0.6 is 0 Å². The Labute approximate surface area is 117 Å². The number of carbonyl (C=O) groups is 1. The first-order valence-electron chi connectivity index (χ1n) is 6.49. The van der Waals surface area contributed by atoms with Crippen LogP contribution in [-0.2, 0) is 9.53 Å². The minimum atomic E-state index is -0.304. The van der Waals surface area contributed by atoms with E-state index in [1.165, 1.54) is 0 Å². The van der Waals surface area contributed by atoms with Gasteiger partial charge in [0.25, 0.3) is 0 Å². The highest BCUT2D eigenvalue weighted by molar-refractivity contribution is 6.19. The zero-order valence-corrected chi connectivity index (χ0v) is 11.1. The maximum Gasteiger partial charge on any atom is 0.339 e. The Morgan fingerprint density at radius 2 is 1.70 bits per heavy atom. The van der Waals surface area contributed by atoms with Crippen molar-refractivity contribution in [3.05, 3.63) is 66.2 Å². The lowest BCUT2D eigenvalue weighted by atomic mass is 10.0. The number of ether oxygens (including phenoxy) is 2. The Hall–Kier alpha value is -2.55. The molecule has 0 saturated carbocycles. The summed E-state index contributed by atoms with van der Waals surface area (Å²) in [5.41, 5.74) is 1.31. The van der Waals surface area contributed by atoms with E-state index in [0.717, 1.165) is 11.3 Å². The second kappa shape index (κ2) is 5.21. The number of cyclic esters (lactones) is 1. The monoisotopic (exact) mass is 266 g/mol. The Balaban J connectivity index is 1.97. The molecule has 1 atom stereocenters. The zero-order valence-electron chi connectivity index (χ0n) is 11.1. The van der Waals surface area contributed by atoms with Gasteiger partial charge in [-0.05, 0) is 31.2 Å². The summed E-state index contributed by atoms with van der Waals surface area (Å²) in [5.74, 6) is 1.08. The first kappa shape index (κ1) is 12.5. The predicted molar refractivity (Wildman–Crippen MR) is 76.5 cm³/mol. The van der Waals surface area contributed by atoms with Crippen LogP contribution < -0.4 is 4.74 Å².